The number of halogens is 1. The van der Waals surface area contributed by atoms with Gasteiger partial charge in [-0.05, 0) is 25.1 Å². The van der Waals surface area contributed by atoms with Crippen LogP contribution in [0.3, 0.4) is 0 Å². The molecule has 0 spiro atoms. The second-order valence-corrected chi connectivity index (χ2v) is 6.39. The number of para-hydroxylation sites is 2. The van der Waals surface area contributed by atoms with E-state index in [9.17, 15) is 14.6 Å². The summed E-state index contributed by atoms with van der Waals surface area (Å²) in [4.78, 5) is 4.56. The van der Waals surface area contributed by atoms with Crippen LogP contribution in [0.2, 0.25) is 0 Å². The Kier molecular flexibility index (Phi) is 3.36. The van der Waals surface area contributed by atoms with Gasteiger partial charge < -0.3 is 24.3 Å². The molecule has 1 fully saturated rings. The van der Waals surface area contributed by atoms with Crippen molar-refractivity contribution in [3.05, 3.63) is 36.1 Å². The maximum absolute atomic E-state index is 14.7. The molecule has 1 saturated heterocycles. The van der Waals surface area contributed by atoms with Crippen molar-refractivity contribution in [2.75, 3.05) is 20.3 Å². The second kappa shape index (κ2) is 5.35. The minimum atomic E-state index is -0.946. The zero-order valence-corrected chi connectivity index (χ0v) is 13.8. The monoisotopic (exact) mass is 344 g/mol. The van der Waals surface area contributed by atoms with E-state index in [-0.39, 0.29) is 16.9 Å². The van der Waals surface area contributed by atoms with Crippen LogP contribution in [0.15, 0.2) is 30.3 Å². The summed E-state index contributed by atoms with van der Waals surface area (Å²) >= 11 is 0. The van der Waals surface area contributed by atoms with Crippen molar-refractivity contribution in [2.45, 2.75) is 12.5 Å². The molecule has 0 amide bonds. The third kappa shape index (κ3) is 2.16. The molecule has 7 heteroatoms. The second-order valence-electron chi connectivity index (χ2n) is 6.39. The Hall–Kier alpha value is -2.80. The van der Waals surface area contributed by atoms with Crippen molar-refractivity contribution in [3.63, 3.8) is 0 Å². The summed E-state index contributed by atoms with van der Waals surface area (Å²) in [6, 6.07) is 8.83. The zero-order valence-electron chi connectivity index (χ0n) is 13.8. The lowest BCUT2D eigenvalue weighted by Crippen LogP contribution is -2.49. The number of rotatable bonds is 3. The third-order valence-electron chi connectivity index (χ3n) is 4.56. The number of methoxy groups -OCH3 is 1. The number of fused-ring (bicyclic) bond motifs is 1. The van der Waals surface area contributed by atoms with Crippen molar-refractivity contribution in [1.29, 1.82) is 0 Å². The molecule has 130 valence electrons. The number of aromatic hydroxyl groups is 2. The molecular weight excluding hydrogens is 327 g/mol. The number of aromatic nitrogens is 2. The maximum Gasteiger partial charge on any atom is 0.203 e. The maximum atomic E-state index is 14.7. The molecule has 2 heterocycles. The standard InChI is InChI=1S/C18H17FN2O4/c1-18(8-25-9-18)21-12-6-4-3-5-11(12)20-17(21)10-7-13(24-2)15(22)16(23)14(10)19/h3-7,22-23H,8-9H2,1-2H3. The van der Waals surface area contributed by atoms with Crippen LogP contribution < -0.4 is 4.74 Å². The summed E-state index contributed by atoms with van der Waals surface area (Å²) in [6.45, 7) is 2.95. The first kappa shape index (κ1) is 15.7. The Morgan fingerprint density at radius 1 is 1.24 bits per heavy atom. The number of nitrogens with zero attached hydrogens (tertiary/aromatic N) is 2. The highest BCUT2D eigenvalue weighted by Crippen LogP contribution is 2.44. The minimum Gasteiger partial charge on any atom is -0.502 e. The lowest BCUT2D eigenvalue weighted by Gasteiger charge is -2.40. The summed E-state index contributed by atoms with van der Waals surface area (Å²) in [7, 11) is 1.33. The summed E-state index contributed by atoms with van der Waals surface area (Å²) in [5.74, 6) is -2.12. The van der Waals surface area contributed by atoms with Crippen molar-refractivity contribution < 1.29 is 24.1 Å². The molecule has 0 atom stereocenters. The van der Waals surface area contributed by atoms with Crippen LogP contribution in [0.1, 0.15) is 6.92 Å². The van der Waals surface area contributed by atoms with E-state index in [2.05, 4.69) is 4.98 Å². The molecule has 3 aromatic rings. The van der Waals surface area contributed by atoms with Crippen LogP contribution in [-0.4, -0.2) is 40.1 Å². The van der Waals surface area contributed by atoms with E-state index in [0.29, 0.717) is 24.6 Å². The number of imidazole rings is 1. The quantitative estimate of drug-likeness (QED) is 0.714. The van der Waals surface area contributed by atoms with Gasteiger partial charge in [-0.1, -0.05) is 12.1 Å². The van der Waals surface area contributed by atoms with Crippen LogP contribution >= 0.6 is 0 Å². The molecule has 2 aromatic carbocycles. The van der Waals surface area contributed by atoms with Gasteiger partial charge in [-0.15, -0.1) is 0 Å². The zero-order chi connectivity index (χ0) is 17.8. The topological polar surface area (TPSA) is 76.7 Å². The molecule has 6 nitrogen and oxygen atoms in total. The highest BCUT2D eigenvalue weighted by molar-refractivity contribution is 5.82. The van der Waals surface area contributed by atoms with Crippen LogP contribution in [0.4, 0.5) is 4.39 Å². The van der Waals surface area contributed by atoms with Gasteiger partial charge in [0.2, 0.25) is 5.75 Å². The van der Waals surface area contributed by atoms with Gasteiger partial charge in [-0.25, -0.2) is 9.37 Å². The van der Waals surface area contributed by atoms with Gasteiger partial charge in [0.25, 0.3) is 0 Å². The fourth-order valence-corrected chi connectivity index (χ4v) is 3.21. The van der Waals surface area contributed by atoms with Gasteiger partial charge >= 0.3 is 0 Å². The number of phenolic OH excluding ortho intramolecular Hbond substituents is 2. The smallest absolute Gasteiger partial charge is 0.203 e. The van der Waals surface area contributed by atoms with Gasteiger partial charge in [0, 0.05) is 0 Å². The van der Waals surface area contributed by atoms with Crippen molar-refractivity contribution in [2.24, 2.45) is 0 Å². The molecule has 2 N–H and O–H groups in total. The van der Waals surface area contributed by atoms with Gasteiger partial charge in [0.15, 0.2) is 17.3 Å². The van der Waals surface area contributed by atoms with Gasteiger partial charge in [-0.2, -0.15) is 0 Å². The molecule has 1 aromatic heterocycles. The fourth-order valence-electron chi connectivity index (χ4n) is 3.21. The SMILES string of the molecule is COc1cc(-c2nc3ccccc3n2C2(C)COC2)c(F)c(O)c1O. The van der Waals surface area contributed by atoms with Gasteiger partial charge in [0.1, 0.15) is 5.82 Å². The molecule has 0 unspecified atom stereocenters. The first-order valence-electron chi connectivity index (χ1n) is 7.81. The third-order valence-corrected chi connectivity index (χ3v) is 4.56. The van der Waals surface area contributed by atoms with Crippen LogP contribution in [-0.2, 0) is 10.3 Å². The van der Waals surface area contributed by atoms with Gasteiger partial charge in [0.05, 0.1) is 42.5 Å². The van der Waals surface area contributed by atoms with E-state index in [0.717, 1.165) is 5.52 Å². The van der Waals surface area contributed by atoms with Crippen molar-refractivity contribution >= 4 is 11.0 Å². The predicted octanol–water partition coefficient (Wildman–Crippen LogP) is 3.01. The molecule has 0 radical (unpaired) electrons. The summed E-state index contributed by atoms with van der Waals surface area (Å²) in [5, 5.41) is 19.7. The molecular formula is C18H17FN2O4. The number of phenols is 2. The van der Waals surface area contributed by atoms with E-state index in [4.69, 9.17) is 9.47 Å². The van der Waals surface area contributed by atoms with Crippen LogP contribution in [0.25, 0.3) is 22.4 Å². The average Bonchev–Trinajstić information content (AvgIpc) is 2.97. The van der Waals surface area contributed by atoms with E-state index >= 15 is 0 Å². The minimum absolute atomic E-state index is 0.0254. The number of hydrogen-bond acceptors (Lipinski definition) is 5. The molecule has 1 aliphatic heterocycles. The summed E-state index contributed by atoms with van der Waals surface area (Å²) in [5.41, 5.74) is 1.22. The first-order chi connectivity index (χ1) is 12.0. The van der Waals surface area contributed by atoms with E-state index < -0.39 is 17.3 Å². The Labute approximate surface area is 143 Å². The summed E-state index contributed by atoms with van der Waals surface area (Å²) < 4.78 is 27.1. The number of benzene rings is 2. The average molecular weight is 344 g/mol. The molecule has 0 bridgehead atoms. The van der Waals surface area contributed by atoms with E-state index in [1.165, 1.54) is 13.2 Å². The largest absolute Gasteiger partial charge is 0.502 e. The van der Waals surface area contributed by atoms with E-state index in [1.54, 1.807) is 0 Å². The number of hydrogen-bond donors (Lipinski definition) is 2. The number of ether oxygens (including phenoxy) is 2. The normalized spacial score (nSPS) is 16.0. The molecule has 1 aliphatic rings. The Morgan fingerprint density at radius 2 is 1.96 bits per heavy atom. The molecule has 4 rings (SSSR count). The van der Waals surface area contributed by atoms with Gasteiger partial charge in [-0.3, -0.25) is 0 Å². The highest BCUT2D eigenvalue weighted by Gasteiger charge is 2.39. The highest BCUT2D eigenvalue weighted by atomic mass is 19.1. The van der Waals surface area contributed by atoms with Crippen molar-refractivity contribution in [1.82, 2.24) is 9.55 Å². The Morgan fingerprint density at radius 3 is 2.60 bits per heavy atom. The van der Waals surface area contributed by atoms with Crippen LogP contribution in [0.5, 0.6) is 17.2 Å². The van der Waals surface area contributed by atoms with Crippen molar-refractivity contribution in [3.8, 4) is 28.6 Å². The molecule has 25 heavy (non-hydrogen) atoms. The Bertz CT molecular complexity index is 979. The summed E-state index contributed by atoms with van der Waals surface area (Å²) in [6.07, 6.45) is 0. The lowest BCUT2D eigenvalue weighted by molar-refractivity contribution is -0.0868. The predicted molar refractivity (Wildman–Crippen MR) is 89.5 cm³/mol. The molecule has 0 aliphatic carbocycles. The lowest BCUT2D eigenvalue weighted by atomic mass is 9.98. The first-order valence-corrected chi connectivity index (χ1v) is 7.81. The van der Waals surface area contributed by atoms with Crippen LogP contribution in [0, 0.1) is 5.82 Å². The molecule has 0 saturated carbocycles. The Balaban J connectivity index is 2.05. The van der Waals surface area contributed by atoms with E-state index in [1.807, 2.05) is 35.8 Å². The fraction of sp³-hybridized carbons (Fsp3) is 0.278.